The Hall–Kier alpha value is -1.55. The first-order valence-electron chi connectivity index (χ1n) is 7.74. The van der Waals surface area contributed by atoms with Gasteiger partial charge in [0.1, 0.15) is 0 Å². The lowest BCUT2D eigenvalue weighted by Crippen LogP contribution is -2.42. The Kier molecular flexibility index (Phi) is 7.83. The molecule has 0 radical (unpaired) electrons. The predicted octanol–water partition coefficient (Wildman–Crippen LogP) is 2.47. The number of benzene rings is 1. The Morgan fingerprint density at radius 3 is 2.43 bits per heavy atom. The number of hydrogen-bond donors (Lipinski definition) is 2. The summed E-state index contributed by atoms with van der Waals surface area (Å²) in [7, 11) is 3.99. The quantitative estimate of drug-likeness (QED) is 0.598. The summed E-state index contributed by atoms with van der Waals surface area (Å²) in [6.07, 6.45) is 1.09. The highest BCUT2D eigenvalue weighted by atomic mass is 15.2. The van der Waals surface area contributed by atoms with Crippen molar-refractivity contribution in [1.82, 2.24) is 15.5 Å². The Labute approximate surface area is 129 Å². The number of guanidine groups is 1. The molecule has 0 saturated carbocycles. The molecule has 118 valence electrons. The summed E-state index contributed by atoms with van der Waals surface area (Å²) in [6.45, 7) is 8.41. The normalized spacial score (nSPS) is 13.6. The number of nitrogens with zero attached hydrogens (tertiary/aromatic N) is 2. The molecule has 0 heterocycles. The van der Waals surface area contributed by atoms with Crippen LogP contribution in [-0.4, -0.2) is 43.6 Å². The number of hydrogen-bond acceptors (Lipinski definition) is 2. The van der Waals surface area contributed by atoms with Crippen LogP contribution >= 0.6 is 0 Å². The summed E-state index contributed by atoms with van der Waals surface area (Å²) in [6, 6.07) is 11.5. The van der Waals surface area contributed by atoms with Crippen molar-refractivity contribution in [1.29, 1.82) is 0 Å². The number of nitrogens with one attached hydrogen (secondary N) is 2. The van der Waals surface area contributed by atoms with Crippen LogP contribution in [0.3, 0.4) is 0 Å². The van der Waals surface area contributed by atoms with Crippen molar-refractivity contribution in [3.05, 3.63) is 35.9 Å². The van der Waals surface area contributed by atoms with Gasteiger partial charge in [0.15, 0.2) is 5.96 Å². The van der Waals surface area contributed by atoms with Crippen LogP contribution in [0.5, 0.6) is 0 Å². The molecular weight excluding hydrogens is 260 g/mol. The predicted molar refractivity (Wildman–Crippen MR) is 91.6 cm³/mol. The monoisotopic (exact) mass is 290 g/mol. The van der Waals surface area contributed by atoms with Crippen LogP contribution in [0.2, 0.25) is 0 Å². The SMILES string of the molecule is CN=C(NCCC(C)N(C)Cc1ccccc1)NC(C)C. The van der Waals surface area contributed by atoms with E-state index in [1.807, 2.05) is 7.05 Å². The van der Waals surface area contributed by atoms with E-state index >= 15 is 0 Å². The van der Waals surface area contributed by atoms with Gasteiger partial charge in [-0.15, -0.1) is 0 Å². The Balaban J connectivity index is 2.31. The third-order valence-corrected chi connectivity index (χ3v) is 3.53. The van der Waals surface area contributed by atoms with Gasteiger partial charge in [-0.05, 0) is 39.8 Å². The van der Waals surface area contributed by atoms with Crippen molar-refractivity contribution >= 4 is 5.96 Å². The Bertz CT molecular complexity index is 414. The van der Waals surface area contributed by atoms with Crippen molar-refractivity contribution in [2.75, 3.05) is 20.6 Å². The molecule has 1 unspecified atom stereocenters. The smallest absolute Gasteiger partial charge is 0.191 e. The van der Waals surface area contributed by atoms with Crippen LogP contribution in [0.25, 0.3) is 0 Å². The third kappa shape index (κ3) is 7.14. The lowest BCUT2D eigenvalue weighted by atomic mass is 10.1. The van der Waals surface area contributed by atoms with Gasteiger partial charge in [-0.3, -0.25) is 9.89 Å². The van der Waals surface area contributed by atoms with Crippen molar-refractivity contribution in [3.63, 3.8) is 0 Å². The zero-order valence-corrected chi connectivity index (χ0v) is 14.1. The standard InChI is InChI=1S/C17H30N4/c1-14(2)20-17(18-4)19-12-11-15(3)21(5)13-16-9-7-6-8-10-16/h6-10,14-15H,11-13H2,1-5H3,(H2,18,19,20). The van der Waals surface area contributed by atoms with Crippen LogP contribution < -0.4 is 10.6 Å². The van der Waals surface area contributed by atoms with E-state index < -0.39 is 0 Å². The van der Waals surface area contributed by atoms with E-state index in [9.17, 15) is 0 Å². The maximum Gasteiger partial charge on any atom is 0.191 e. The van der Waals surface area contributed by atoms with E-state index in [1.54, 1.807) is 0 Å². The zero-order valence-electron chi connectivity index (χ0n) is 14.1. The molecule has 1 aromatic rings. The number of aliphatic imine (C=N–C) groups is 1. The molecule has 4 heteroatoms. The molecule has 0 aliphatic heterocycles. The lowest BCUT2D eigenvalue weighted by Gasteiger charge is -2.25. The average molecular weight is 290 g/mol. The van der Waals surface area contributed by atoms with Gasteiger partial charge in [-0.25, -0.2) is 0 Å². The van der Waals surface area contributed by atoms with E-state index in [1.165, 1.54) is 5.56 Å². The first-order chi connectivity index (χ1) is 10.0. The molecule has 21 heavy (non-hydrogen) atoms. The van der Waals surface area contributed by atoms with Crippen LogP contribution in [0, 0.1) is 0 Å². The van der Waals surface area contributed by atoms with Crippen molar-refractivity contribution < 1.29 is 0 Å². The second-order valence-electron chi connectivity index (χ2n) is 5.84. The molecule has 1 atom stereocenters. The van der Waals surface area contributed by atoms with Gasteiger partial charge < -0.3 is 10.6 Å². The van der Waals surface area contributed by atoms with E-state index in [4.69, 9.17) is 0 Å². The van der Waals surface area contributed by atoms with Crippen LogP contribution in [0.4, 0.5) is 0 Å². The number of rotatable bonds is 7. The highest BCUT2D eigenvalue weighted by Gasteiger charge is 2.09. The summed E-state index contributed by atoms with van der Waals surface area (Å²) in [5.41, 5.74) is 1.36. The van der Waals surface area contributed by atoms with Gasteiger partial charge >= 0.3 is 0 Å². The fourth-order valence-corrected chi connectivity index (χ4v) is 2.12. The summed E-state index contributed by atoms with van der Waals surface area (Å²) in [5.74, 6) is 0.878. The third-order valence-electron chi connectivity index (χ3n) is 3.53. The van der Waals surface area contributed by atoms with Crippen LogP contribution in [0.1, 0.15) is 32.8 Å². The molecular formula is C17H30N4. The lowest BCUT2D eigenvalue weighted by molar-refractivity contribution is 0.238. The fourth-order valence-electron chi connectivity index (χ4n) is 2.12. The van der Waals surface area contributed by atoms with Gasteiger partial charge in [0.2, 0.25) is 0 Å². The molecule has 1 rings (SSSR count). The van der Waals surface area contributed by atoms with Crippen molar-refractivity contribution in [3.8, 4) is 0 Å². The minimum atomic E-state index is 0.398. The summed E-state index contributed by atoms with van der Waals surface area (Å²) in [5, 5.41) is 6.66. The van der Waals surface area contributed by atoms with E-state index in [2.05, 4.69) is 78.7 Å². The van der Waals surface area contributed by atoms with Gasteiger partial charge in [0, 0.05) is 32.2 Å². The van der Waals surface area contributed by atoms with Crippen LogP contribution in [-0.2, 0) is 6.54 Å². The average Bonchev–Trinajstić information content (AvgIpc) is 2.46. The van der Waals surface area contributed by atoms with Gasteiger partial charge in [-0.1, -0.05) is 30.3 Å². The van der Waals surface area contributed by atoms with E-state index in [-0.39, 0.29) is 0 Å². The van der Waals surface area contributed by atoms with E-state index in [0.717, 1.165) is 25.5 Å². The van der Waals surface area contributed by atoms with Crippen LogP contribution in [0.15, 0.2) is 35.3 Å². The summed E-state index contributed by atoms with van der Waals surface area (Å²) >= 11 is 0. The second-order valence-corrected chi connectivity index (χ2v) is 5.84. The van der Waals surface area contributed by atoms with Crippen molar-refractivity contribution in [2.24, 2.45) is 4.99 Å². The Morgan fingerprint density at radius 1 is 1.19 bits per heavy atom. The molecule has 0 bridgehead atoms. The highest BCUT2D eigenvalue weighted by Crippen LogP contribution is 2.07. The minimum absolute atomic E-state index is 0.398. The molecule has 4 nitrogen and oxygen atoms in total. The first kappa shape index (κ1) is 17.5. The minimum Gasteiger partial charge on any atom is -0.356 e. The molecule has 0 saturated heterocycles. The van der Waals surface area contributed by atoms with Gasteiger partial charge in [-0.2, -0.15) is 0 Å². The fraction of sp³-hybridized carbons (Fsp3) is 0.588. The van der Waals surface area contributed by atoms with Gasteiger partial charge in [0.05, 0.1) is 0 Å². The second kappa shape index (κ2) is 9.40. The molecule has 0 aliphatic rings. The first-order valence-corrected chi connectivity index (χ1v) is 7.74. The largest absolute Gasteiger partial charge is 0.356 e. The molecule has 0 aliphatic carbocycles. The van der Waals surface area contributed by atoms with E-state index in [0.29, 0.717) is 12.1 Å². The molecule has 0 spiro atoms. The molecule has 0 amide bonds. The molecule has 0 aromatic heterocycles. The molecule has 2 N–H and O–H groups in total. The zero-order chi connectivity index (χ0) is 15.7. The topological polar surface area (TPSA) is 39.7 Å². The van der Waals surface area contributed by atoms with Gasteiger partial charge in [0.25, 0.3) is 0 Å². The van der Waals surface area contributed by atoms with Crippen molar-refractivity contribution in [2.45, 2.75) is 45.8 Å². The maximum atomic E-state index is 4.22. The maximum absolute atomic E-state index is 4.22. The molecule has 0 fully saturated rings. The summed E-state index contributed by atoms with van der Waals surface area (Å²) < 4.78 is 0. The Morgan fingerprint density at radius 2 is 1.86 bits per heavy atom. The molecule has 1 aromatic carbocycles. The summed E-state index contributed by atoms with van der Waals surface area (Å²) in [4.78, 5) is 6.60. The highest BCUT2D eigenvalue weighted by molar-refractivity contribution is 5.79.